The van der Waals surface area contributed by atoms with E-state index >= 15 is 0 Å². The lowest BCUT2D eigenvalue weighted by Gasteiger charge is -2.28. The third-order valence-electron chi connectivity index (χ3n) is 8.56. The van der Waals surface area contributed by atoms with Crippen molar-refractivity contribution in [2.75, 3.05) is 36.9 Å². The topological polar surface area (TPSA) is 68.3 Å². The molecule has 0 bridgehead atoms. The minimum absolute atomic E-state index is 0.492. The van der Waals surface area contributed by atoms with Gasteiger partial charge in [0.2, 0.25) is 0 Å². The summed E-state index contributed by atoms with van der Waals surface area (Å²) in [4.78, 5) is 16.8. The average Bonchev–Trinajstić information content (AvgIpc) is 3.71. The maximum Gasteiger partial charge on any atom is 0.189 e. The van der Waals surface area contributed by atoms with Gasteiger partial charge >= 0.3 is 0 Å². The van der Waals surface area contributed by atoms with Crippen molar-refractivity contribution < 1.29 is 0 Å². The number of nitrogens with one attached hydrogen (secondary N) is 3. The predicted octanol–water partition coefficient (Wildman–Crippen LogP) is 6.32. The molecule has 4 heterocycles. The Balaban J connectivity index is 1.32. The van der Waals surface area contributed by atoms with Crippen LogP contribution in [0.2, 0.25) is 0 Å². The van der Waals surface area contributed by atoms with Crippen molar-refractivity contribution in [2.45, 2.75) is 50.6 Å². The summed E-state index contributed by atoms with van der Waals surface area (Å²) in [6.07, 6.45) is 3.54. The van der Waals surface area contributed by atoms with Gasteiger partial charge in [0.25, 0.3) is 0 Å². The molecule has 216 valence electrons. The zero-order valence-corrected chi connectivity index (χ0v) is 26.1. The van der Waals surface area contributed by atoms with E-state index in [1.165, 1.54) is 24.0 Å². The van der Waals surface area contributed by atoms with Crippen LogP contribution in [0.5, 0.6) is 0 Å². The Morgan fingerprint density at radius 1 is 1.15 bits per heavy atom. The zero-order chi connectivity index (χ0) is 28.9. The van der Waals surface area contributed by atoms with E-state index in [1.54, 1.807) is 11.3 Å². The smallest absolute Gasteiger partial charge is 0.189 e. The minimum atomic E-state index is -1.71. The number of nitrogens with zero attached hydrogens (tertiary/aromatic N) is 4. The Hall–Kier alpha value is -3.11. The van der Waals surface area contributed by atoms with Crippen LogP contribution in [0.3, 0.4) is 0 Å². The number of pyridine rings is 1. The highest BCUT2D eigenvalue weighted by Crippen LogP contribution is 2.48. The molecular formula is C32H41N7S2. The fourth-order valence-electron chi connectivity index (χ4n) is 5.91. The van der Waals surface area contributed by atoms with Crippen LogP contribution >= 0.6 is 20.7 Å². The SMILES string of the molecule is C=C1CCNCCN1c1cccc(Nc2nc(C)c(-c3cc4c(c(S(=C)(=C)NC)c3)C(=C)N(C(C)C3CC3)C4)s2)n1. The zero-order valence-electron chi connectivity index (χ0n) is 24.4. The van der Waals surface area contributed by atoms with Crippen LogP contribution in [-0.4, -0.2) is 59.3 Å². The van der Waals surface area contributed by atoms with E-state index < -0.39 is 9.39 Å². The van der Waals surface area contributed by atoms with Crippen LogP contribution in [0.1, 0.15) is 43.0 Å². The second kappa shape index (κ2) is 10.9. The van der Waals surface area contributed by atoms with Crippen molar-refractivity contribution in [3.8, 4) is 10.4 Å². The number of fused-ring (bicyclic) bond motifs is 1. The number of hydrogen-bond donors (Lipinski definition) is 3. The molecule has 2 aliphatic heterocycles. The molecule has 1 saturated carbocycles. The molecule has 1 aliphatic carbocycles. The molecule has 41 heavy (non-hydrogen) atoms. The minimum Gasteiger partial charge on any atom is -0.364 e. The monoisotopic (exact) mass is 587 g/mol. The summed E-state index contributed by atoms with van der Waals surface area (Å²) < 4.78 is 3.41. The molecule has 3 aliphatic rings. The van der Waals surface area contributed by atoms with Gasteiger partial charge in [-0.3, -0.25) is 4.72 Å². The quantitative estimate of drug-likeness (QED) is 0.267. The molecule has 0 spiro atoms. The van der Waals surface area contributed by atoms with E-state index in [9.17, 15) is 0 Å². The number of hydrogen-bond acceptors (Lipinski definition) is 8. The number of thiazole rings is 1. The normalized spacial score (nSPS) is 18.4. The van der Waals surface area contributed by atoms with Gasteiger partial charge in [-0.25, -0.2) is 9.97 Å². The third kappa shape index (κ3) is 5.44. The van der Waals surface area contributed by atoms with E-state index in [0.717, 1.165) is 87.7 Å². The molecule has 2 fully saturated rings. The lowest BCUT2D eigenvalue weighted by molar-refractivity contribution is 0.290. The van der Waals surface area contributed by atoms with E-state index in [2.05, 4.69) is 76.0 Å². The van der Waals surface area contributed by atoms with Crippen molar-refractivity contribution in [3.05, 3.63) is 66.0 Å². The summed E-state index contributed by atoms with van der Waals surface area (Å²) in [5, 5.41) is 7.73. The van der Waals surface area contributed by atoms with Gasteiger partial charge in [-0.1, -0.05) is 42.3 Å². The van der Waals surface area contributed by atoms with E-state index in [0.29, 0.717) is 6.04 Å². The summed E-state index contributed by atoms with van der Waals surface area (Å²) in [5.74, 6) is 11.5. The van der Waals surface area contributed by atoms with Crippen LogP contribution in [-0.2, 0) is 6.54 Å². The molecule has 1 aromatic carbocycles. The molecule has 9 heteroatoms. The highest BCUT2D eigenvalue weighted by atomic mass is 32.2. The average molecular weight is 588 g/mol. The van der Waals surface area contributed by atoms with Crippen molar-refractivity contribution in [2.24, 2.45) is 5.92 Å². The molecule has 1 atom stereocenters. The number of aromatic nitrogens is 2. The van der Waals surface area contributed by atoms with Crippen molar-refractivity contribution >= 4 is 54.9 Å². The number of rotatable bonds is 8. The Kier molecular flexibility index (Phi) is 7.48. The second-order valence-electron chi connectivity index (χ2n) is 11.4. The molecule has 1 saturated heterocycles. The molecule has 3 aromatic rings. The fourth-order valence-corrected chi connectivity index (χ4v) is 8.08. The number of benzene rings is 1. The van der Waals surface area contributed by atoms with Crippen LogP contribution < -0.4 is 20.3 Å². The van der Waals surface area contributed by atoms with E-state index in [-0.39, 0.29) is 0 Å². The molecule has 7 nitrogen and oxygen atoms in total. The largest absolute Gasteiger partial charge is 0.364 e. The highest BCUT2D eigenvalue weighted by Gasteiger charge is 2.37. The predicted molar refractivity (Wildman–Crippen MR) is 180 cm³/mol. The van der Waals surface area contributed by atoms with Crippen LogP contribution in [0.25, 0.3) is 16.1 Å². The summed E-state index contributed by atoms with van der Waals surface area (Å²) in [5.41, 5.74) is 6.87. The van der Waals surface area contributed by atoms with Gasteiger partial charge in [0.15, 0.2) is 5.13 Å². The van der Waals surface area contributed by atoms with Crippen molar-refractivity contribution in [1.82, 2.24) is 24.9 Å². The highest BCUT2D eigenvalue weighted by molar-refractivity contribution is 8.26. The first-order valence-corrected chi connectivity index (χ1v) is 17.1. The van der Waals surface area contributed by atoms with Gasteiger partial charge in [0.05, 0.1) is 10.6 Å². The number of anilines is 3. The molecule has 1 unspecified atom stereocenters. The lowest BCUT2D eigenvalue weighted by atomic mass is 10.0. The maximum atomic E-state index is 4.91. The van der Waals surface area contributed by atoms with Gasteiger partial charge in [-0.15, -0.1) is 9.39 Å². The molecule has 2 aromatic heterocycles. The van der Waals surface area contributed by atoms with Crippen LogP contribution in [0.4, 0.5) is 16.8 Å². The third-order valence-corrected chi connectivity index (χ3v) is 11.6. The van der Waals surface area contributed by atoms with Gasteiger partial charge in [-0.05, 0) is 81.5 Å². The molecule has 0 radical (unpaired) electrons. The van der Waals surface area contributed by atoms with Crippen molar-refractivity contribution in [1.29, 1.82) is 0 Å². The first-order chi connectivity index (χ1) is 19.7. The Bertz CT molecular complexity index is 1620. The number of aryl methyl sites for hydroxylation is 1. The lowest BCUT2D eigenvalue weighted by Crippen LogP contribution is -2.28. The molecular weight excluding hydrogens is 547 g/mol. The fraction of sp³-hybridized carbons (Fsp3) is 0.375. The van der Waals surface area contributed by atoms with E-state index in [4.69, 9.17) is 9.97 Å². The Morgan fingerprint density at radius 2 is 1.95 bits per heavy atom. The summed E-state index contributed by atoms with van der Waals surface area (Å²) in [6.45, 7) is 16.8. The van der Waals surface area contributed by atoms with Gasteiger partial charge in [0, 0.05) is 54.1 Å². The van der Waals surface area contributed by atoms with Crippen LogP contribution in [0.15, 0.2) is 54.1 Å². The summed E-state index contributed by atoms with van der Waals surface area (Å²) in [6, 6.07) is 11.2. The van der Waals surface area contributed by atoms with E-state index in [1.807, 2.05) is 25.2 Å². The first kappa shape index (κ1) is 28.0. The van der Waals surface area contributed by atoms with Gasteiger partial charge < -0.3 is 20.4 Å². The Labute approximate surface area is 249 Å². The van der Waals surface area contributed by atoms with Crippen molar-refractivity contribution in [3.63, 3.8) is 0 Å². The maximum absolute atomic E-state index is 4.91. The summed E-state index contributed by atoms with van der Waals surface area (Å²) >= 11 is 1.66. The van der Waals surface area contributed by atoms with Gasteiger partial charge in [-0.2, -0.15) is 0 Å². The molecule has 6 rings (SSSR count). The molecule has 0 amide bonds. The second-order valence-corrected chi connectivity index (χ2v) is 15.0. The van der Waals surface area contributed by atoms with Crippen LogP contribution in [0, 0.1) is 12.8 Å². The van der Waals surface area contributed by atoms with Gasteiger partial charge in [0.1, 0.15) is 11.6 Å². The first-order valence-electron chi connectivity index (χ1n) is 14.3. The summed E-state index contributed by atoms with van der Waals surface area (Å²) in [7, 11) is 0.241. The standard InChI is InChI=1S/C32H41N7S2/c1-20-13-14-34-15-16-38(20)29-10-8-9-28(36-29)37-32-35-21(2)31(40-32)25-17-26-19-39(22(3)24-11-12-24)23(4)30(26)27(18-25)41(6,7)33-5/h8-10,17-18,22,24,33-34H,1,4,6-7,11-16,19H2,2-3,5H3,(H,35,36,37). The Morgan fingerprint density at radius 3 is 2.71 bits per heavy atom. The molecule has 3 N–H and O–H groups in total.